The lowest BCUT2D eigenvalue weighted by Gasteiger charge is -2.30. The number of hydrogen-bond donors (Lipinski definition) is 3. The van der Waals surface area contributed by atoms with Crippen LogP contribution in [0.15, 0.2) is 24.3 Å². The Morgan fingerprint density at radius 1 is 1.00 bits per heavy atom. The summed E-state index contributed by atoms with van der Waals surface area (Å²) in [5, 5.41) is 9.04. The molecule has 124 valence electrons. The monoisotopic (exact) mass is 317 g/mol. The van der Waals surface area contributed by atoms with E-state index in [1.54, 1.807) is 9.80 Å². The Labute approximate surface area is 136 Å². The third kappa shape index (κ3) is 2.94. The molecule has 1 saturated heterocycles. The van der Waals surface area contributed by atoms with Crippen LogP contribution in [0.3, 0.4) is 0 Å². The van der Waals surface area contributed by atoms with E-state index in [4.69, 9.17) is 10.1 Å². The lowest BCUT2D eigenvalue weighted by atomic mass is 10.3. The van der Waals surface area contributed by atoms with Gasteiger partial charge in [-0.15, -0.1) is 0 Å². The van der Waals surface area contributed by atoms with Gasteiger partial charge in [-0.3, -0.25) is 0 Å². The predicted octanol–water partition coefficient (Wildman–Crippen LogP) is -2.37. The minimum Gasteiger partial charge on any atom is -0.391 e. The molecule has 23 heavy (non-hydrogen) atoms. The number of quaternary nitrogens is 2. The lowest BCUT2D eigenvalue weighted by Crippen LogP contribution is -3.28. The van der Waals surface area contributed by atoms with Crippen LogP contribution in [-0.4, -0.2) is 73.6 Å². The van der Waals surface area contributed by atoms with Crippen molar-refractivity contribution in [1.82, 2.24) is 9.55 Å². The second-order valence-electron chi connectivity index (χ2n) is 6.76. The van der Waals surface area contributed by atoms with Crippen LogP contribution in [-0.2, 0) is 6.54 Å². The van der Waals surface area contributed by atoms with E-state index >= 15 is 0 Å². The maximum absolute atomic E-state index is 9.04. The van der Waals surface area contributed by atoms with Crippen LogP contribution in [0.25, 0.3) is 11.0 Å². The zero-order valence-electron chi connectivity index (χ0n) is 13.7. The van der Waals surface area contributed by atoms with E-state index in [1.807, 2.05) is 0 Å². The van der Waals surface area contributed by atoms with Gasteiger partial charge in [-0.2, -0.15) is 0 Å². The molecule has 6 heteroatoms. The second-order valence-corrected chi connectivity index (χ2v) is 6.76. The Kier molecular flexibility index (Phi) is 4.20. The normalized spacial score (nSPS) is 24.3. The quantitative estimate of drug-likeness (QED) is 0.578. The van der Waals surface area contributed by atoms with E-state index in [0.717, 1.165) is 37.6 Å². The molecular weight excluding hydrogens is 290 g/mol. The first-order valence-electron chi connectivity index (χ1n) is 8.83. The molecule has 0 radical (unpaired) electrons. The molecule has 0 atom stereocenters. The number of hydrogen-bond acceptors (Lipinski definition) is 3. The van der Waals surface area contributed by atoms with Crippen LogP contribution >= 0.6 is 0 Å². The van der Waals surface area contributed by atoms with Gasteiger partial charge in [0.2, 0.25) is 5.95 Å². The minimum atomic E-state index is 0.314. The summed E-state index contributed by atoms with van der Waals surface area (Å²) in [4.78, 5) is 10.5. The largest absolute Gasteiger partial charge is 0.391 e. The van der Waals surface area contributed by atoms with Crippen molar-refractivity contribution >= 4 is 17.0 Å². The van der Waals surface area contributed by atoms with Gasteiger partial charge in [-0.05, 0) is 12.1 Å². The van der Waals surface area contributed by atoms with E-state index in [2.05, 4.69) is 33.7 Å². The molecule has 6 nitrogen and oxygen atoms in total. The van der Waals surface area contributed by atoms with Gasteiger partial charge in [-0.1, -0.05) is 12.1 Å². The third-order valence-electron chi connectivity index (χ3n) is 5.38. The molecule has 0 aliphatic carbocycles. The zero-order valence-corrected chi connectivity index (χ0v) is 13.7. The Morgan fingerprint density at radius 3 is 2.52 bits per heavy atom. The van der Waals surface area contributed by atoms with Gasteiger partial charge < -0.3 is 24.4 Å². The van der Waals surface area contributed by atoms with Crippen molar-refractivity contribution in [3.8, 4) is 0 Å². The fourth-order valence-corrected chi connectivity index (χ4v) is 3.97. The number of aromatic nitrogens is 2. The van der Waals surface area contributed by atoms with Crippen molar-refractivity contribution in [3.63, 3.8) is 0 Å². The van der Waals surface area contributed by atoms with Crippen molar-refractivity contribution < 1.29 is 14.9 Å². The fraction of sp³-hybridized carbons (Fsp3) is 0.588. The highest BCUT2D eigenvalue weighted by atomic mass is 16.3. The number of aliphatic hydroxyl groups excluding tert-OH is 1. The fourth-order valence-electron chi connectivity index (χ4n) is 3.97. The molecule has 0 bridgehead atoms. The average Bonchev–Trinajstić information content (AvgIpc) is 3.14. The Hall–Kier alpha value is -1.63. The van der Waals surface area contributed by atoms with Crippen LogP contribution in [0.2, 0.25) is 0 Å². The summed E-state index contributed by atoms with van der Waals surface area (Å²) in [5.74, 6) is 1.15. The van der Waals surface area contributed by atoms with E-state index in [1.165, 1.54) is 38.2 Å². The summed E-state index contributed by atoms with van der Waals surface area (Å²) in [6.45, 7) is 10.5. The Balaban J connectivity index is 1.35. The molecule has 2 aliphatic rings. The number of fused-ring (bicyclic) bond motifs is 3. The SMILES string of the molecule is OCC[NH+]1CC[NH+](CCN2CCn3c2nc2ccccc23)CC1. The molecule has 1 fully saturated rings. The summed E-state index contributed by atoms with van der Waals surface area (Å²) in [5.41, 5.74) is 2.37. The molecule has 4 rings (SSSR count). The molecule has 2 aliphatic heterocycles. The van der Waals surface area contributed by atoms with E-state index in [9.17, 15) is 0 Å². The van der Waals surface area contributed by atoms with E-state index in [-0.39, 0.29) is 0 Å². The Morgan fingerprint density at radius 2 is 1.74 bits per heavy atom. The smallest absolute Gasteiger partial charge is 0.206 e. The number of nitrogens with one attached hydrogen (secondary N) is 2. The van der Waals surface area contributed by atoms with Gasteiger partial charge in [0.15, 0.2) is 0 Å². The number of anilines is 1. The summed E-state index contributed by atoms with van der Waals surface area (Å²) < 4.78 is 2.36. The minimum absolute atomic E-state index is 0.314. The number of para-hydroxylation sites is 2. The molecule has 1 aromatic heterocycles. The van der Waals surface area contributed by atoms with Crippen molar-refractivity contribution in [1.29, 1.82) is 0 Å². The number of nitrogens with zero attached hydrogens (tertiary/aromatic N) is 3. The summed E-state index contributed by atoms with van der Waals surface area (Å²) in [7, 11) is 0. The maximum Gasteiger partial charge on any atom is 0.206 e. The molecular formula is C17H27N5O+2. The van der Waals surface area contributed by atoms with Crippen molar-refractivity contribution in [2.75, 3.05) is 63.9 Å². The first kappa shape index (κ1) is 14.9. The number of imidazole rings is 1. The topological polar surface area (TPSA) is 50.2 Å². The van der Waals surface area contributed by atoms with Crippen LogP contribution < -0.4 is 14.7 Å². The van der Waals surface area contributed by atoms with Crippen LogP contribution in [0.4, 0.5) is 5.95 Å². The van der Waals surface area contributed by atoms with Gasteiger partial charge in [0, 0.05) is 13.1 Å². The number of aliphatic hydroxyl groups is 1. The zero-order chi connectivity index (χ0) is 15.6. The van der Waals surface area contributed by atoms with Gasteiger partial charge in [0.1, 0.15) is 32.7 Å². The van der Waals surface area contributed by atoms with Crippen LogP contribution in [0.1, 0.15) is 0 Å². The number of rotatable bonds is 5. The highest BCUT2D eigenvalue weighted by Crippen LogP contribution is 2.26. The molecule has 0 amide bonds. The maximum atomic E-state index is 9.04. The number of benzene rings is 1. The molecule has 0 saturated carbocycles. The molecule has 2 aromatic rings. The lowest BCUT2D eigenvalue weighted by molar-refractivity contribution is -1.01. The van der Waals surface area contributed by atoms with Crippen molar-refractivity contribution in [2.24, 2.45) is 0 Å². The van der Waals surface area contributed by atoms with E-state index < -0.39 is 0 Å². The standard InChI is InChI=1S/C17H25N5O/c23-14-13-20-7-5-19(6-8-20)9-10-21-11-12-22-16-4-2-1-3-15(16)18-17(21)22/h1-4,23H,5-14H2/p+2. The van der Waals surface area contributed by atoms with Gasteiger partial charge in [0.05, 0.1) is 30.7 Å². The van der Waals surface area contributed by atoms with Crippen LogP contribution in [0.5, 0.6) is 0 Å². The third-order valence-corrected chi connectivity index (χ3v) is 5.38. The summed E-state index contributed by atoms with van der Waals surface area (Å²) >= 11 is 0. The molecule has 3 heterocycles. The first-order chi connectivity index (χ1) is 11.3. The van der Waals surface area contributed by atoms with E-state index in [0.29, 0.717) is 6.61 Å². The van der Waals surface area contributed by atoms with Crippen molar-refractivity contribution in [2.45, 2.75) is 6.54 Å². The average molecular weight is 317 g/mol. The highest BCUT2D eigenvalue weighted by Gasteiger charge is 2.26. The van der Waals surface area contributed by atoms with Crippen molar-refractivity contribution in [3.05, 3.63) is 24.3 Å². The van der Waals surface area contributed by atoms with Crippen LogP contribution in [0, 0.1) is 0 Å². The molecule has 1 aromatic carbocycles. The predicted molar refractivity (Wildman–Crippen MR) is 90.2 cm³/mol. The summed E-state index contributed by atoms with van der Waals surface area (Å²) in [6, 6.07) is 8.43. The molecule has 0 spiro atoms. The number of piperazine rings is 1. The Bertz CT molecular complexity index is 662. The van der Waals surface area contributed by atoms with Gasteiger partial charge in [-0.25, -0.2) is 4.98 Å². The van der Waals surface area contributed by atoms with Gasteiger partial charge >= 0.3 is 0 Å². The second kappa shape index (κ2) is 6.47. The highest BCUT2D eigenvalue weighted by molar-refractivity contribution is 5.79. The summed E-state index contributed by atoms with van der Waals surface area (Å²) in [6.07, 6.45) is 0. The van der Waals surface area contributed by atoms with Gasteiger partial charge in [0.25, 0.3) is 0 Å². The first-order valence-corrected chi connectivity index (χ1v) is 8.83. The molecule has 0 unspecified atom stereocenters. The molecule has 3 N–H and O–H groups in total.